The highest BCUT2D eigenvalue weighted by Crippen LogP contribution is 2.22. The largest absolute Gasteiger partial charge is 0.368 e. The molecule has 0 aliphatic carbocycles. The van der Waals surface area contributed by atoms with Gasteiger partial charge in [-0.1, -0.05) is 35.3 Å². The van der Waals surface area contributed by atoms with Gasteiger partial charge in [-0.25, -0.2) is 4.68 Å². The Morgan fingerprint density at radius 2 is 2.11 bits per heavy atom. The lowest BCUT2D eigenvalue weighted by atomic mass is 10.2. The maximum Gasteiger partial charge on any atom is 0.287 e. The number of hydrogen-bond donors (Lipinski definition) is 0. The standard InChI is InChI=1S/C13H13Cl2N3O/c1-17(8-9-4-3-5-10(14)6-9)11-7-16-18(2)13(19)12(11)15/h3-7H,8H2,1-2H3. The molecule has 0 fully saturated rings. The average Bonchev–Trinajstić information content (AvgIpc) is 2.36. The molecule has 0 spiro atoms. The first-order valence-electron chi connectivity index (χ1n) is 5.66. The van der Waals surface area contributed by atoms with Crippen molar-refractivity contribution >= 4 is 28.9 Å². The Morgan fingerprint density at radius 3 is 2.79 bits per heavy atom. The fourth-order valence-corrected chi connectivity index (χ4v) is 2.29. The van der Waals surface area contributed by atoms with E-state index in [-0.39, 0.29) is 10.6 Å². The minimum absolute atomic E-state index is 0.169. The van der Waals surface area contributed by atoms with Crippen LogP contribution in [0.15, 0.2) is 35.3 Å². The number of benzene rings is 1. The molecule has 6 heteroatoms. The van der Waals surface area contributed by atoms with E-state index in [0.717, 1.165) is 5.56 Å². The van der Waals surface area contributed by atoms with E-state index in [0.29, 0.717) is 17.3 Å². The Kier molecular flexibility index (Phi) is 4.12. The quantitative estimate of drug-likeness (QED) is 0.874. The Bertz CT molecular complexity index is 655. The summed E-state index contributed by atoms with van der Waals surface area (Å²) in [5.74, 6) is 0. The third kappa shape index (κ3) is 3.08. The molecule has 0 aliphatic heterocycles. The molecule has 0 saturated carbocycles. The molecule has 0 unspecified atom stereocenters. The first-order valence-corrected chi connectivity index (χ1v) is 6.42. The van der Waals surface area contributed by atoms with Crippen molar-refractivity contribution in [2.75, 3.05) is 11.9 Å². The number of aromatic nitrogens is 2. The molecule has 1 aromatic carbocycles. The van der Waals surface area contributed by atoms with Gasteiger partial charge in [-0.2, -0.15) is 5.10 Å². The van der Waals surface area contributed by atoms with Crippen molar-refractivity contribution in [3.8, 4) is 0 Å². The van der Waals surface area contributed by atoms with Gasteiger partial charge in [0.15, 0.2) is 0 Å². The Morgan fingerprint density at radius 1 is 1.37 bits per heavy atom. The fraction of sp³-hybridized carbons (Fsp3) is 0.231. The number of rotatable bonds is 3. The average molecular weight is 298 g/mol. The normalized spacial score (nSPS) is 10.5. The molecular formula is C13H13Cl2N3O. The van der Waals surface area contributed by atoms with Crippen molar-refractivity contribution in [3.63, 3.8) is 0 Å². The maximum atomic E-state index is 11.7. The molecule has 0 atom stereocenters. The third-order valence-electron chi connectivity index (χ3n) is 2.78. The monoisotopic (exact) mass is 297 g/mol. The SMILES string of the molecule is CN(Cc1cccc(Cl)c1)c1cnn(C)c(=O)c1Cl. The Hall–Kier alpha value is -1.52. The topological polar surface area (TPSA) is 38.1 Å². The van der Waals surface area contributed by atoms with E-state index in [2.05, 4.69) is 5.10 Å². The van der Waals surface area contributed by atoms with Gasteiger partial charge in [0.05, 0.1) is 11.9 Å². The molecule has 2 aromatic rings. The van der Waals surface area contributed by atoms with E-state index < -0.39 is 0 Å². The summed E-state index contributed by atoms with van der Waals surface area (Å²) in [6, 6.07) is 7.54. The number of anilines is 1. The summed E-state index contributed by atoms with van der Waals surface area (Å²) in [6.07, 6.45) is 1.58. The lowest BCUT2D eigenvalue weighted by Gasteiger charge is -2.20. The summed E-state index contributed by atoms with van der Waals surface area (Å²) in [4.78, 5) is 13.6. The summed E-state index contributed by atoms with van der Waals surface area (Å²) in [7, 11) is 3.41. The summed E-state index contributed by atoms with van der Waals surface area (Å²) < 4.78 is 1.21. The zero-order valence-corrected chi connectivity index (χ0v) is 12.1. The maximum absolute atomic E-state index is 11.7. The van der Waals surface area contributed by atoms with Gasteiger partial charge >= 0.3 is 0 Å². The van der Waals surface area contributed by atoms with Crippen LogP contribution in [-0.4, -0.2) is 16.8 Å². The Balaban J connectivity index is 2.28. The molecule has 0 bridgehead atoms. The van der Waals surface area contributed by atoms with Gasteiger partial charge in [0.25, 0.3) is 5.56 Å². The lowest BCUT2D eigenvalue weighted by molar-refractivity contribution is 0.703. The van der Waals surface area contributed by atoms with Crippen LogP contribution in [0.4, 0.5) is 5.69 Å². The molecule has 19 heavy (non-hydrogen) atoms. The van der Waals surface area contributed by atoms with E-state index in [1.807, 2.05) is 36.2 Å². The van der Waals surface area contributed by atoms with Crippen molar-refractivity contribution < 1.29 is 0 Å². The summed E-state index contributed by atoms with van der Waals surface area (Å²) in [5, 5.41) is 4.82. The van der Waals surface area contributed by atoms with E-state index in [1.165, 1.54) is 4.68 Å². The van der Waals surface area contributed by atoms with Gasteiger partial charge in [-0.05, 0) is 17.7 Å². The van der Waals surface area contributed by atoms with Gasteiger partial charge in [0.2, 0.25) is 0 Å². The molecular weight excluding hydrogens is 285 g/mol. The van der Waals surface area contributed by atoms with Crippen LogP contribution in [-0.2, 0) is 13.6 Å². The Labute approximate surface area is 121 Å². The minimum Gasteiger partial charge on any atom is -0.368 e. The zero-order valence-electron chi connectivity index (χ0n) is 10.6. The second-order valence-electron chi connectivity index (χ2n) is 4.26. The summed E-state index contributed by atoms with van der Waals surface area (Å²) in [5.41, 5.74) is 1.33. The second kappa shape index (κ2) is 5.63. The van der Waals surface area contributed by atoms with E-state index >= 15 is 0 Å². The van der Waals surface area contributed by atoms with Crippen LogP contribution < -0.4 is 10.5 Å². The van der Waals surface area contributed by atoms with Gasteiger partial charge in [-0.15, -0.1) is 0 Å². The van der Waals surface area contributed by atoms with Crippen LogP contribution in [0.1, 0.15) is 5.56 Å². The molecule has 0 radical (unpaired) electrons. The highest BCUT2D eigenvalue weighted by molar-refractivity contribution is 6.33. The van der Waals surface area contributed by atoms with Crippen molar-refractivity contribution in [1.29, 1.82) is 0 Å². The number of halogens is 2. The molecule has 4 nitrogen and oxygen atoms in total. The number of hydrogen-bond acceptors (Lipinski definition) is 3. The van der Waals surface area contributed by atoms with Crippen LogP contribution in [0.2, 0.25) is 10.0 Å². The fourth-order valence-electron chi connectivity index (χ4n) is 1.76. The van der Waals surface area contributed by atoms with Crippen molar-refractivity contribution in [3.05, 3.63) is 56.4 Å². The smallest absolute Gasteiger partial charge is 0.287 e. The predicted molar refractivity (Wildman–Crippen MR) is 78.0 cm³/mol. The number of aryl methyl sites for hydroxylation is 1. The van der Waals surface area contributed by atoms with Crippen LogP contribution in [0.5, 0.6) is 0 Å². The molecule has 1 aromatic heterocycles. The minimum atomic E-state index is -0.308. The van der Waals surface area contributed by atoms with Crippen LogP contribution in [0.25, 0.3) is 0 Å². The van der Waals surface area contributed by atoms with E-state index in [9.17, 15) is 4.79 Å². The van der Waals surface area contributed by atoms with Gasteiger partial charge < -0.3 is 4.90 Å². The van der Waals surface area contributed by atoms with Gasteiger partial charge in [0, 0.05) is 25.7 Å². The molecule has 0 N–H and O–H groups in total. The van der Waals surface area contributed by atoms with Crippen molar-refractivity contribution in [2.45, 2.75) is 6.54 Å². The predicted octanol–water partition coefficient (Wildman–Crippen LogP) is 2.72. The van der Waals surface area contributed by atoms with E-state index in [4.69, 9.17) is 23.2 Å². The van der Waals surface area contributed by atoms with Gasteiger partial charge in [-0.3, -0.25) is 4.79 Å². The van der Waals surface area contributed by atoms with Gasteiger partial charge in [0.1, 0.15) is 5.02 Å². The first kappa shape index (κ1) is 13.9. The molecule has 0 amide bonds. The second-order valence-corrected chi connectivity index (χ2v) is 5.07. The van der Waals surface area contributed by atoms with E-state index in [1.54, 1.807) is 13.2 Å². The van der Waals surface area contributed by atoms with Crippen LogP contribution >= 0.6 is 23.2 Å². The molecule has 0 saturated heterocycles. The number of nitrogens with zero attached hydrogens (tertiary/aromatic N) is 3. The van der Waals surface area contributed by atoms with Crippen LogP contribution in [0, 0.1) is 0 Å². The lowest BCUT2D eigenvalue weighted by Crippen LogP contribution is -2.25. The molecule has 100 valence electrons. The van der Waals surface area contributed by atoms with Crippen molar-refractivity contribution in [1.82, 2.24) is 9.78 Å². The zero-order chi connectivity index (χ0) is 14.0. The summed E-state index contributed by atoms with van der Waals surface area (Å²) >= 11 is 12.0. The summed E-state index contributed by atoms with van der Waals surface area (Å²) in [6.45, 7) is 0.592. The first-order chi connectivity index (χ1) is 8.99. The molecule has 0 aliphatic rings. The third-order valence-corrected chi connectivity index (χ3v) is 3.37. The highest BCUT2D eigenvalue weighted by Gasteiger charge is 2.11. The highest BCUT2D eigenvalue weighted by atomic mass is 35.5. The molecule has 2 rings (SSSR count). The molecule has 1 heterocycles. The van der Waals surface area contributed by atoms with Crippen LogP contribution in [0.3, 0.4) is 0 Å². The van der Waals surface area contributed by atoms with Crippen molar-refractivity contribution in [2.24, 2.45) is 7.05 Å².